The van der Waals surface area contributed by atoms with Crippen molar-refractivity contribution in [1.82, 2.24) is 9.78 Å². The summed E-state index contributed by atoms with van der Waals surface area (Å²) in [5, 5.41) is 2.89. The maximum absolute atomic E-state index is 11.7. The lowest BCUT2D eigenvalue weighted by atomic mass is 10.1. The average Bonchev–Trinajstić information content (AvgIpc) is 2.57. The molecule has 1 aromatic carbocycles. The first kappa shape index (κ1) is 11.7. The van der Waals surface area contributed by atoms with Crippen molar-refractivity contribution in [2.75, 3.05) is 0 Å². The van der Waals surface area contributed by atoms with Gasteiger partial charge in [0.25, 0.3) is 5.56 Å². The van der Waals surface area contributed by atoms with Gasteiger partial charge >= 0.3 is 0 Å². The molecule has 0 aliphatic rings. The zero-order chi connectivity index (χ0) is 12.4. The smallest absolute Gasteiger partial charge is 0.267 e. The Hall–Kier alpha value is -1.77. The Morgan fingerprint density at radius 2 is 1.82 bits per heavy atom. The molecule has 2 aromatic rings. The number of aromatic nitrogens is 2. The fourth-order valence-corrected chi connectivity index (χ4v) is 2.05. The fourth-order valence-electron chi connectivity index (χ4n) is 2.05. The number of benzene rings is 1. The van der Waals surface area contributed by atoms with Crippen LogP contribution in [0.3, 0.4) is 0 Å². The summed E-state index contributed by atoms with van der Waals surface area (Å²) < 4.78 is 1.95. The van der Waals surface area contributed by atoms with Crippen LogP contribution in [0.5, 0.6) is 0 Å². The van der Waals surface area contributed by atoms with Crippen LogP contribution in [0.25, 0.3) is 11.3 Å². The second-order valence-electron chi connectivity index (χ2n) is 4.43. The van der Waals surface area contributed by atoms with Crippen LogP contribution in [0.2, 0.25) is 0 Å². The average molecular weight is 230 g/mol. The second kappa shape index (κ2) is 4.62. The normalized spacial score (nSPS) is 10.8. The van der Waals surface area contributed by atoms with E-state index in [0.29, 0.717) is 0 Å². The van der Waals surface area contributed by atoms with Gasteiger partial charge in [0.2, 0.25) is 0 Å². The highest BCUT2D eigenvalue weighted by Crippen LogP contribution is 2.21. The second-order valence-corrected chi connectivity index (χ2v) is 4.43. The first-order chi connectivity index (χ1) is 8.13. The predicted molar refractivity (Wildman–Crippen MR) is 70.3 cm³/mol. The number of aryl methyl sites for hydroxylation is 2. The minimum absolute atomic E-state index is 0.00836. The van der Waals surface area contributed by atoms with Gasteiger partial charge in [0.1, 0.15) is 0 Å². The first-order valence-corrected chi connectivity index (χ1v) is 6.00. The standard InChI is InChI=1S/C14H18N2O/c1-4-9-16-13(11(3)14(17)15-16)12-7-5-10(2)6-8-12/h5-8H,4,9H2,1-3H3,(H,15,17). The number of hydrogen-bond donors (Lipinski definition) is 1. The molecule has 0 saturated carbocycles. The molecule has 0 saturated heterocycles. The van der Waals surface area contributed by atoms with Gasteiger partial charge in [-0.15, -0.1) is 0 Å². The topological polar surface area (TPSA) is 37.8 Å². The molecule has 0 fully saturated rings. The third kappa shape index (κ3) is 2.18. The van der Waals surface area contributed by atoms with Crippen LogP contribution in [0.15, 0.2) is 29.1 Å². The van der Waals surface area contributed by atoms with Gasteiger partial charge in [-0.25, -0.2) is 0 Å². The summed E-state index contributed by atoms with van der Waals surface area (Å²) in [6.45, 7) is 6.88. The van der Waals surface area contributed by atoms with Gasteiger partial charge in [-0.1, -0.05) is 36.8 Å². The third-order valence-electron chi connectivity index (χ3n) is 2.97. The summed E-state index contributed by atoms with van der Waals surface area (Å²) in [5.41, 5.74) is 4.14. The zero-order valence-electron chi connectivity index (χ0n) is 10.6. The molecule has 0 bridgehead atoms. The SMILES string of the molecule is CCCn1[nH]c(=O)c(C)c1-c1ccc(C)cc1. The Kier molecular flexibility index (Phi) is 3.18. The Morgan fingerprint density at radius 1 is 1.18 bits per heavy atom. The molecule has 1 aromatic heterocycles. The number of rotatable bonds is 3. The monoisotopic (exact) mass is 230 g/mol. The molecule has 0 spiro atoms. The maximum atomic E-state index is 11.7. The van der Waals surface area contributed by atoms with Crippen LogP contribution in [0.4, 0.5) is 0 Å². The molecule has 90 valence electrons. The van der Waals surface area contributed by atoms with Crippen LogP contribution in [0, 0.1) is 13.8 Å². The van der Waals surface area contributed by atoms with Crippen molar-refractivity contribution in [3.8, 4) is 11.3 Å². The van der Waals surface area contributed by atoms with E-state index in [0.717, 1.165) is 29.8 Å². The van der Waals surface area contributed by atoms with Crippen molar-refractivity contribution in [1.29, 1.82) is 0 Å². The van der Waals surface area contributed by atoms with Crippen molar-refractivity contribution < 1.29 is 0 Å². The van der Waals surface area contributed by atoms with Crippen molar-refractivity contribution in [3.05, 3.63) is 45.7 Å². The summed E-state index contributed by atoms with van der Waals surface area (Å²) in [5.74, 6) is 0. The Morgan fingerprint density at radius 3 is 2.41 bits per heavy atom. The van der Waals surface area contributed by atoms with Crippen LogP contribution in [0.1, 0.15) is 24.5 Å². The van der Waals surface area contributed by atoms with E-state index in [2.05, 4.69) is 43.2 Å². The van der Waals surface area contributed by atoms with Crippen molar-refractivity contribution in [2.24, 2.45) is 0 Å². The number of hydrogen-bond acceptors (Lipinski definition) is 1. The number of H-pyrrole nitrogens is 1. The van der Waals surface area contributed by atoms with E-state index < -0.39 is 0 Å². The summed E-state index contributed by atoms with van der Waals surface area (Å²) in [6.07, 6.45) is 1.00. The van der Waals surface area contributed by atoms with Gasteiger partial charge in [0.05, 0.1) is 5.69 Å². The van der Waals surface area contributed by atoms with Gasteiger partial charge in [0, 0.05) is 17.7 Å². The molecule has 0 amide bonds. The van der Waals surface area contributed by atoms with Crippen molar-refractivity contribution in [2.45, 2.75) is 33.7 Å². The highest BCUT2D eigenvalue weighted by Gasteiger charge is 2.11. The molecular formula is C14H18N2O. The lowest BCUT2D eigenvalue weighted by Crippen LogP contribution is -2.06. The summed E-state index contributed by atoms with van der Waals surface area (Å²) in [7, 11) is 0. The third-order valence-corrected chi connectivity index (χ3v) is 2.97. The van der Waals surface area contributed by atoms with Crippen LogP contribution >= 0.6 is 0 Å². The van der Waals surface area contributed by atoms with Gasteiger partial charge in [0.15, 0.2) is 0 Å². The van der Waals surface area contributed by atoms with E-state index in [9.17, 15) is 4.79 Å². The summed E-state index contributed by atoms with van der Waals surface area (Å²) >= 11 is 0. The van der Waals surface area contributed by atoms with Gasteiger partial charge in [-0.2, -0.15) is 0 Å². The van der Waals surface area contributed by atoms with Crippen LogP contribution in [-0.4, -0.2) is 9.78 Å². The number of aromatic amines is 1. The molecule has 1 N–H and O–H groups in total. The molecule has 0 atom stereocenters. The quantitative estimate of drug-likeness (QED) is 0.865. The highest BCUT2D eigenvalue weighted by atomic mass is 16.1. The van der Waals surface area contributed by atoms with Crippen molar-refractivity contribution >= 4 is 0 Å². The summed E-state index contributed by atoms with van der Waals surface area (Å²) in [6, 6.07) is 8.28. The predicted octanol–water partition coefficient (Wildman–Crippen LogP) is 2.87. The van der Waals surface area contributed by atoms with Crippen LogP contribution < -0.4 is 5.56 Å². The molecule has 0 radical (unpaired) electrons. The molecule has 3 heteroatoms. The summed E-state index contributed by atoms with van der Waals surface area (Å²) in [4.78, 5) is 11.7. The number of nitrogens with one attached hydrogen (secondary N) is 1. The Labute approximate surface area is 101 Å². The molecule has 2 rings (SSSR count). The van der Waals surface area contributed by atoms with E-state index in [1.807, 2.05) is 11.6 Å². The van der Waals surface area contributed by atoms with E-state index >= 15 is 0 Å². The maximum Gasteiger partial charge on any atom is 0.267 e. The minimum atomic E-state index is 0.00836. The fraction of sp³-hybridized carbons (Fsp3) is 0.357. The van der Waals surface area contributed by atoms with Gasteiger partial charge in [-0.05, 0) is 20.3 Å². The van der Waals surface area contributed by atoms with Gasteiger partial charge in [-0.3, -0.25) is 14.6 Å². The highest BCUT2D eigenvalue weighted by molar-refractivity contribution is 5.63. The van der Waals surface area contributed by atoms with E-state index in [-0.39, 0.29) is 5.56 Å². The molecule has 0 unspecified atom stereocenters. The molecule has 0 aliphatic carbocycles. The molecule has 17 heavy (non-hydrogen) atoms. The molecule has 3 nitrogen and oxygen atoms in total. The van der Waals surface area contributed by atoms with Crippen molar-refractivity contribution in [3.63, 3.8) is 0 Å². The Bertz CT molecular complexity index is 561. The number of nitrogens with zero attached hydrogens (tertiary/aromatic N) is 1. The largest absolute Gasteiger partial charge is 0.284 e. The zero-order valence-corrected chi connectivity index (χ0v) is 10.6. The molecule has 1 heterocycles. The van der Waals surface area contributed by atoms with E-state index in [4.69, 9.17) is 0 Å². The lowest BCUT2D eigenvalue weighted by Gasteiger charge is -2.08. The van der Waals surface area contributed by atoms with Crippen LogP contribution in [-0.2, 0) is 6.54 Å². The van der Waals surface area contributed by atoms with Gasteiger partial charge < -0.3 is 0 Å². The lowest BCUT2D eigenvalue weighted by molar-refractivity contribution is 0.604. The first-order valence-electron chi connectivity index (χ1n) is 6.00. The molecule has 0 aliphatic heterocycles. The minimum Gasteiger partial charge on any atom is -0.284 e. The van der Waals surface area contributed by atoms with E-state index in [1.165, 1.54) is 5.56 Å². The van der Waals surface area contributed by atoms with E-state index in [1.54, 1.807) is 0 Å². The molecular weight excluding hydrogens is 212 g/mol. The Balaban J connectivity index is 2.57.